The number of hydrogen-bond acceptors (Lipinski definition) is 3. The van der Waals surface area contributed by atoms with Crippen LogP contribution < -0.4 is 5.43 Å². The second kappa shape index (κ2) is 6.87. The van der Waals surface area contributed by atoms with Crippen LogP contribution in [-0.4, -0.2) is 17.2 Å². The first-order valence-corrected chi connectivity index (χ1v) is 7.64. The van der Waals surface area contributed by atoms with E-state index < -0.39 is 0 Å². The average molecular weight is 412 g/mol. The van der Waals surface area contributed by atoms with Gasteiger partial charge < -0.3 is 5.11 Å². The summed E-state index contributed by atoms with van der Waals surface area (Å²) in [5, 5.41) is 13.8. The molecular formula is C15H12Br2N2O2. The number of nitrogens with zero attached hydrogens (tertiary/aromatic N) is 1. The van der Waals surface area contributed by atoms with Crippen LogP contribution in [0.2, 0.25) is 0 Å². The van der Waals surface area contributed by atoms with E-state index in [1.807, 2.05) is 6.07 Å². The van der Waals surface area contributed by atoms with Crippen molar-refractivity contribution < 1.29 is 9.90 Å². The highest BCUT2D eigenvalue weighted by Gasteiger charge is 2.06. The Hall–Kier alpha value is -1.66. The quantitative estimate of drug-likeness (QED) is 0.592. The minimum atomic E-state index is -0.321. The van der Waals surface area contributed by atoms with Gasteiger partial charge in [0.15, 0.2) is 0 Å². The number of amides is 1. The van der Waals surface area contributed by atoms with Gasteiger partial charge in [-0.3, -0.25) is 4.79 Å². The van der Waals surface area contributed by atoms with Crippen LogP contribution >= 0.6 is 31.9 Å². The highest BCUT2D eigenvalue weighted by atomic mass is 79.9. The molecule has 6 heteroatoms. The summed E-state index contributed by atoms with van der Waals surface area (Å²) in [6, 6.07) is 10.5. The average Bonchev–Trinajstić information content (AvgIpc) is 2.43. The fourth-order valence-corrected chi connectivity index (χ4v) is 2.70. The van der Waals surface area contributed by atoms with Crippen LogP contribution in [-0.2, 0) is 0 Å². The summed E-state index contributed by atoms with van der Waals surface area (Å²) in [5.74, 6) is -0.183. The topological polar surface area (TPSA) is 61.7 Å². The largest absolute Gasteiger partial charge is 0.507 e. The maximum Gasteiger partial charge on any atom is 0.271 e. The molecule has 2 N–H and O–H groups in total. The summed E-state index contributed by atoms with van der Waals surface area (Å²) in [4.78, 5) is 11.9. The number of carbonyl (C=O) groups excluding carboxylic acids is 1. The Kier molecular flexibility index (Phi) is 5.14. The van der Waals surface area contributed by atoms with Gasteiger partial charge in [-0.2, -0.15) is 5.10 Å². The number of carbonyl (C=O) groups is 1. The van der Waals surface area contributed by atoms with Crippen LogP contribution in [0.25, 0.3) is 0 Å². The molecule has 0 saturated carbocycles. The summed E-state index contributed by atoms with van der Waals surface area (Å²) in [5.41, 5.74) is 4.17. The number of halogens is 2. The van der Waals surface area contributed by atoms with E-state index >= 15 is 0 Å². The van der Waals surface area contributed by atoms with Crippen LogP contribution in [0.3, 0.4) is 0 Å². The first-order chi connectivity index (χ1) is 9.97. The number of phenolic OH excluding ortho intramolecular Hbond substituents is 1. The molecule has 0 aliphatic heterocycles. The highest BCUT2D eigenvalue weighted by Crippen LogP contribution is 2.25. The molecule has 0 unspecified atom stereocenters. The molecule has 108 valence electrons. The lowest BCUT2D eigenvalue weighted by atomic mass is 10.1. The lowest BCUT2D eigenvalue weighted by molar-refractivity contribution is 0.0955. The Balaban J connectivity index is 2.11. The van der Waals surface area contributed by atoms with Crippen molar-refractivity contribution in [1.82, 2.24) is 5.43 Å². The first-order valence-electron chi connectivity index (χ1n) is 6.05. The van der Waals surface area contributed by atoms with Gasteiger partial charge in [0, 0.05) is 20.1 Å². The van der Waals surface area contributed by atoms with Gasteiger partial charge in [0.05, 0.1) is 6.21 Å². The van der Waals surface area contributed by atoms with E-state index in [2.05, 4.69) is 42.4 Å². The molecule has 0 spiro atoms. The standard InChI is InChI=1S/C15H12Br2N2O2/c1-9-5-13(17)7-11(14(9)20)8-18-19-15(21)10-3-2-4-12(16)6-10/h2-8,20H,1H3,(H,19,21)/b18-8+. The van der Waals surface area contributed by atoms with Crippen molar-refractivity contribution in [2.75, 3.05) is 0 Å². The minimum Gasteiger partial charge on any atom is -0.507 e. The maximum absolute atomic E-state index is 11.9. The molecule has 2 rings (SSSR count). The number of rotatable bonds is 3. The fraction of sp³-hybridized carbons (Fsp3) is 0.0667. The third kappa shape index (κ3) is 4.15. The van der Waals surface area contributed by atoms with Crippen LogP contribution in [0.1, 0.15) is 21.5 Å². The van der Waals surface area contributed by atoms with Crippen molar-refractivity contribution in [3.05, 3.63) is 62.0 Å². The van der Waals surface area contributed by atoms with Gasteiger partial charge in [0.25, 0.3) is 5.91 Å². The Morgan fingerprint density at radius 1 is 1.24 bits per heavy atom. The van der Waals surface area contributed by atoms with Crippen molar-refractivity contribution >= 4 is 44.0 Å². The molecule has 0 atom stereocenters. The van der Waals surface area contributed by atoms with Gasteiger partial charge in [-0.15, -0.1) is 0 Å². The van der Waals surface area contributed by atoms with Crippen molar-refractivity contribution in [3.63, 3.8) is 0 Å². The van der Waals surface area contributed by atoms with Gasteiger partial charge in [-0.1, -0.05) is 37.9 Å². The second-order valence-corrected chi connectivity index (χ2v) is 6.20. The van der Waals surface area contributed by atoms with Crippen LogP contribution in [0.15, 0.2) is 50.4 Å². The molecule has 0 fully saturated rings. The fourth-order valence-electron chi connectivity index (χ4n) is 1.71. The van der Waals surface area contributed by atoms with E-state index in [-0.39, 0.29) is 11.7 Å². The molecule has 2 aromatic rings. The monoisotopic (exact) mass is 410 g/mol. The van der Waals surface area contributed by atoms with E-state index in [1.54, 1.807) is 37.3 Å². The number of phenols is 1. The third-order valence-electron chi connectivity index (χ3n) is 2.75. The van der Waals surface area contributed by atoms with Gasteiger partial charge in [-0.25, -0.2) is 5.43 Å². The lowest BCUT2D eigenvalue weighted by Crippen LogP contribution is -2.17. The van der Waals surface area contributed by atoms with Crippen molar-refractivity contribution in [3.8, 4) is 5.75 Å². The molecule has 0 heterocycles. The zero-order valence-corrected chi connectivity index (χ0v) is 14.3. The molecule has 0 radical (unpaired) electrons. The molecule has 1 amide bonds. The van der Waals surface area contributed by atoms with Gasteiger partial charge >= 0.3 is 0 Å². The van der Waals surface area contributed by atoms with Crippen LogP contribution in [0.5, 0.6) is 5.75 Å². The Bertz CT molecular complexity index is 715. The number of nitrogens with one attached hydrogen (secondary N) is 1. The number of aromatic hydroxyl groups is 1. The lowest BCUT2D eigenvalue weighted by Gasteiger charge is -2.04. The molecule has 0 saturated heterocycles. The Labute approximate surface area is 139 Å². The number of hydrazone groups is 1. The summed E-state index contributed by atoms with van der Waals surface area (Å²) < 4.78 is 1.65. The first kappa shape index (κ1) is 15.7. The number of aryl methyl sites for hydroxylation is 1. The molecule has 2 aromatic carbocycles. The Morgan fingerprint density at radius 3 is 2.71 bits per heavy atom. The van der Waals surface area contributed by atoms with Gasteiger partial charge in [0.2, 0.25) is 0 Å². The molecule has 0 bridgehead atoms. The van der Waals surface area contributed by atoms with E-state index in [9.17, 15) is 9.90 Å². The highest BCUT2D eigenvalue weighted by molar-refractivity contribution is 9.10. The van der Waals surface area contributed by atoms with Gasteiger partial charge in [-0.05, 0) is 42.8 Å². The van der Waals surface area contributed by atoms with Gasteiger partial charge in [0.1, 0.15) is 5.75 Å². The summed E-state index contributed by atoms with van der Waals surface area (Å²) in [6.45, 7) is 1.79. The normalized spacial score (nSPS) is 10.8. The zero-order chi connectivity index (χ0) is 15.4. The molecule has 0 aliphatic carbocycles. The van der Waals surface area contributed by atoms with Crippen LogP contribution in [0.4, 0.5) is 0 Å². The molecule has 4 nitrogen and oxygen atoms in total. The predicted octanol–water partition coefficient (Wildman–Crippen LogP) is 3.99. The van der Waals surface area contributed by atoms with Crippen molar-refractivity contribution in [2.24, 2.45) is 5.10 Å². The Morgan fingerprint density at radius 2 is 2.00 bits per heavy atom. The minimum absolute atomic E-state index is 0.138. The van der Waals surface area contributed by atoms with Crippen LogP contribution in [0, 0.1) is 6.92 Å². The zero-order valence-electron chi connectivity index (χ0n) is 11.1. The van der Waals surface area contributed by atoms with E-state index in [0.717, 1.165) is 14.5 Å². The third-order valence-corrected chi connectivity index (χ3v) is 3.70. The summed E-state index contributed by atoms with van der Waals surface area (Å²) in [7, 11) is 0. The van der Waals surface area contributed by atoms with Crippen molar-refractivity contribution in [1.29, 1.82) is 0 Å². The molecule has 0 aliphatic rings. The second-order valence-electron chi connectivity index (χ2n) is 4.37. The van der Waals surface area contributed by atoms with E-state index in [4.69, 9.17) is 0 Å². The molecule has 21 heavy (non-hydrogen) atoms. The number of benzene rings is 2. The SMILES string of the molecule is Cc1cc(Br)cc(/C=N/NC(=O)c2cccc(Br)c2)c1O. The molecular weight excluding hydrogens is 400 g/mol. The molecule has 0 aromatic heterocycles. The maximum atomic E-state index is 11.9. The summed E-state index contributed by atoms with van der Waals surface area (Å²) in [6.07, 6.45) is 1.41. The number of hydrogen-bond donors (Lipinski definition) is 2. The van der Waals surface area contributed by atoms with Crippen molar-refractivity contribution in [2.45, 2.75) is 6.92 Å². The smallest absolute Gasteiger partial charge is 0.271 e. The predicted molar refractivity (Wildman–Crippen MR) is 89.7 cm³/mol. The van der Waals surface area contributed by atoms with E-state index in [1.165, 1.54) is 6.21 Å². The van der Waals surface area contributed by atoms with E-state index in [0.29, 0.717) is 11.1 Å². The summed E-state index contributed by atoms with van der Waals surface area (Å²) >= 11 is 6.65.